The smallest absolute Gasteiger partial charge is 0.128 e. The number of benzene rings is 1. The molecule has 0 bridgehead atoms. The SMILES string of the molecule is CNC1CCCN(c2cc(F)cc(F)c2)C1. The van der Waals surface area contributed by atoms with E-state index < -0.39 is 11.6 Å². The summed E-state index contributed by atoms with van der Waals surface area (Å²) in [4.78, 5) is 2.02. The van der Waals surface area contributed by atoms with E-state index in [9.17, 15) is 8.78 Å². The summed E-state index contributed by atoms with van der Waals surface area (Å²) in [5.41, 5.74) is 0.637. The zero-order chi connectivity index (χ0) is 11.5. The van der Waals surface area contributed by atoms with Crippen molar-refractivity contribution in [2.45, 2.75) is 18.9 Å². The van der Waals surface area contributed by atoms with Crippen LogP contribution in [0.15, 0.2) is 18.2 Å². The lowest BCUT2D eigenvalue weighted by molar-refractivity contribution is 0.448. The van der Waals surface area contributed by atoms with Gasteiger partial charge < -0.3 is 10.2 Å². The number of likely N-dealkylation sites (N-methyl/N-ethyl adjacent to an activating group) is 1. The van der Waals surface area contributed by atoms with Gasteiger partial charge in [0.2, 0.25) is 0 Å². The molecular weight excluding hydrogens is 210 g/mol. The fourth-order valence-corrected chi connectivity index (χ4v) is 2.17. The van der Waals surface area contributed by atoms with Crippen molar-refractivity contribution in [2.24, 2.45) is 0 Å². The molecule has 1 unspecified atom stereocenters. The van der Waals surface area contributed by atoms with Crippen molar-refractivity contribution in [3.05, 3.63) is 29.8 Å². The quantitative estimate of drug-likeness (QED) is 0.831. The molecule has 16 heavy (non-hydrogen) atoms. The van der Waals surface area contributed by atoms with Crippen molar-refractivity contribution in [1.82, 2.24) is 5.32 Å². The molecule has 2 nitrogen and oxygen atoms in total. The Hall–Kier alpha value is -1.16. The van der Waals surface area contributed by atoms with Gasteiger partial charge in [-0.15, -0.1) is 0 Å². The standard InChI is InChI=1S/C12H16F2N2/c1-15-11-3-2-4-16(8-11)12-6-9(13)5-10(14)7-12/h5-7,11,15H,2-4,8H2,1H3. The minimum atomic E-state index is -0.512. The minimum absolute atomic E-state index is 0.403. The Morgan fingerprint density at radius 2 is 1.94 bits per heavy atom. The van der Waals surface area contributed by atoms with Crippen LogP contribution in [-0.4, -0.2) is 26.2 Å². The number of anilines is 1. The predicted molar refractivity (Wildman–Crippen MR) is 60.7 cm³/mol. The van der Waals surface area contributed by atoms with Crippen molar-refractivity contribution < 1.29 is 8.78 Å². The number of hydrogen-bond donors (Lipinski definition) is 1. The fraction of sp³-hybridized carbons (Fsp3) is 0.500. The molecule has 1 aliphatic heterocycles. The summed E-state index contributed by atoms with van der Waals surface area (Å²) in [6.45, 7) is 1.67. The second-order valence-electron chi connectivity index (χ2n) is 4.20. The van der Waals surface area contributed by atoms with E-state index in [0.29, 0.717) is 11.7 Å². The van der Waals surface area contributed by atoms with Crippen LogP contribution in [0.25, 0.3) is 0 Å². The zero-order valence-electron chi connectivity index (χ0n) is 9.34. The van der Waals surface area contributed by atoms with E-state index in [1.54, 1.807) is 0 Å². The lowest BCUT2D eigenvalue weighted by Gasteiger charge is -2.34. The molecule has 4 heteroatoms. The van der Waals surface area contributed by atoms with Crippen molar-refractivity contribution in [1.29, 1.82) is 0 Å². The van der Waals surface area contributed by atoms with Gasteiger partial charge in [0.15, 0.2) is 0 Å². The molecule has 2 rings (SSSR count). The van der Waals surface area contributed by atoms with Gasteiger partial charge in [0.1, 0.15) is 11.6 Å². The van der Waals surface area contributed by atoms with Crippen LogP contribution in [-0.2, 0) is 0 Å². The first kappa shape index (κ1) is 11.3. The molecule has 1 aliphatic rings. The Labute approximate surface area is 94.3 Å². The molecule has 0 aromatic heterocycles. The summed E-state index contributed by atoms with van der Waals surface area (Å²) in [6, 6.07) is 4.09. The van der Waals surface area contributed by atoms with Crippen molar-refractivity contribution in [3.63, 3.8) is 0 Å². The van der Waals surface area contributed by atoms with E-state index in [1.807, 2.05) is 11.9 Å². The number of rotatable bonds is 2. The van der Waals surface area contributed by atoms with Gasteiger partial charge in [-0.05, 0) is 32.0 Å². The average molecular weight is 226 g/mol. The number of hydrogen-bond acceptors (Lipinski definition) is 2. The predicted octanol–water partition coefficient (Wildman–Crippen LogP) is 2.15. The Balaban J connectivity index is 2.16. The molecule has 0 amide bonds. The maximum Gasteiger partial charge on any atom is 0.128 e. The van der Waals surface area contributed by atoms with Gasteiger partial charge in [-0.3, -0.25) is 0 Å². The van der Waals surface area contributed by atoms with E-state index in [-0.39, 0.29) is 0 Å². The van der Waals surface area contributed by atoms with E-state index >= 15 is 0 Å². The zero-order valence-corrected chi connectivity index (χ0v) is 9.34. The minimum Gasteiger partial charge on any atom is -0.370 e. The maximum absolute atomic E-state index is 13.1. The third kappa shape index (κ3) is 2.50. The molecule has 0 saturated carbocycles. The van der Waals surface area contributed by atoms with Gasteiger partial charge in [0.05, 0.1) is 0 Å². The van der Waals surface area contributed by atoms with Crippen molar-refractivity contribution in [2.75, 3.05) is 25.0 Å². The lowest BCUT2D eigenvalue weighted by Crippen LogP contribution is -2.44. The van der Waals surface area contributed by atoms with Crippen molar-refractivity contribution >= 4 is 5.69 Å². The van der Waals surface area contributed by atoms with Crippen LogP contribution < -0.4 is 10.2 Å². The van der Waals surface area contributed by atoms with Gasteiger partial charge in [0.25, 0.3) is 0 Å². The molecule has 1 fully saturated rings. The fourth-order valence-electron chi connectivity index (χ4n) is 2.17. The van der Waals surface area contributed by atoms with Gasteiger partial charge in [-0.25, -0.2) is 8.78 Å². The molecule has 88 valence electrons. The molecule has 1 saturated heterocycles. The first-order chi connectivity index (χ1) is 7.69. The van der Waals surface area contributed by atoms with E-state index in [4.69, 9.17) is 0 Å². The molecule has 1 N–H and O–H groups in total. The van der Waals surface area contributed by atoms with Crippen LogP contribution >= 0.6 is 0 Å². The number of nitrogens with zero attached hydrogens (tertiary/aromatic N) is 1. The number of piperidine rings is 1. The van der Waals surface area contributed by atoms with Gasteiger partial charge >= 0.3 is 0 Å². The molecule has 1 heterocycles. The first-order valence-corrected chi connectivity index (χ1v) is 5.57. The van der Waals surface area contributed by atoms with E-state index in [1.165, 1.54) is 12.1 Å². The van der Waals surface area contributed by atoms with Crippen LogP contribution in [0.4, 0.5) is 14.5 Å². The van der Waals surface area contributed by atoms with Crippen LogP contribution in [0.5, 0.6) is 0 Å². The van der Waals surface area contributed by atoms with Crippen LogP contribution in [0, 0.1) is 11.6 Å². The van der Waals surface area contributed by atoms with E-state index in [2.05, 4.69) is 5.32 Å². The van der Waals surface area contributed by atoms with E-state index in [0.717, 1.165) is 32.0 Å². The highest BCUT2D eigenvalue weighted by atomic mass is 19.1. The molecule has 0 aliphatic carbocycles. The number of nitrogens with one attached hydrogen (secondary N) is 1. The Morgan fingerprint density at radius 3 is 2.56 bits per heavy atom. The topological polar surface area (TPSA) is 15.3 Å². The van der Waals surface area contributed by atoms with Crippen LogP contribution in [0.1, 0.15) is 12.8 Å². The summed E-state index contributed by atoms with van der Waals surface area (Å²) in [5, 5.41) is 3.20. The summed E-state index contributed by atoms with van der Waals surface area (Å²) in [6.07, 6.45) is 2.16. The summed E-state index contributed by atoms with van der Waals surface area (Å²) < 4.78 is 26.2. The molecular formula is C12H16F2N2. The molecule has 1 aromatic rings. The summed E-state index contributed by atoms with van der Waals surface area (Å²) in [7, 11) is 1.92. The highest BCUT2D eigenvalue weighted by Gasteiger charge is 2.19. The summed E-state index contributed by atoms with van der Waals surface area (Å²) >= 11 is 0. The van der Waals surface area contributed by atoms with Crippen LogP contribution in [0.3, 0.4) is 0 Å². The molecule has 0 radical (unpaired) electrons. The highest BCUT2D eigenvalue weighted by Crippen LogP contribution is 2.22. The average Bonchev–Trinajstić information content (AvgIpc) is 2.28. The van der Waals surface area contributed by atoms with Gasteiger partial charge in [-0.2, -0.15) is 0 Å². The monoisotopic (exact) mass is 226 g/mol. The molecule has 1 aromatic carbocycles. The third-order valence-electron chi connectivity index (χ3n) is 3.04. The Bertz CT molecular complexity index is 348. The number of halogens is 2. The molecule has 1 atom stereocenters. The van der Waals surface area contributed by atoms with Crippen molar-refractivity contribution in [3.8, 4) is 0 Å². The third-order valence-corrected chi connectivity index (χ3v) is 3.04. The highest BCUT2D eigenvalue weighted by molar-refractivity contribution is 5.47. The molecule has 0 spiro atoms. The first-order valence-electron chi connectivity index (χ1n) is 5.57. The van der Waals surface area contributed by atoms with Gasteiger partial charge in [-0.1, -0.05) is 0 Å². The Morgan fingerprint density at radius 1 is 1.25 bits per heavy atom. The largest absolute Gasteiger partial charge is 0.370 e. The Kier molecular flexibility index (Phi) is 3.39. The normalized spacial score (nSPS) is 21.2. The maximum atomic E-state index is 13.1. The summed E-state index contributed by atoms with van der Waals surface area (Å²) in [5.74, 6) is -1.02. The second-order valence-corrected chi connectivity index (χ2v) is 4.20. The van der Waals surface area contributed by atoms with Crippen LogP contribution in [0.2, 0.25) is 0 Å². The second kappa shape index (κ2) is 4.78. The van der Waals surface area contributed by atoms with Gasteiger partial charge in [0, 0.05) is 30.9 Å². The lowest BCUT2D eigenvalue weighted by atomic mass is 10.1.